The Morgan fingerprint density at radius 3 is 2.52 bits per heavy atom. The maximum atomic E-state index is 13.0. The lowest BCUT2D eigenvalue weighted by Crippen LogP contribution is -2.15. The molecular formula is C22H17ClN4O2. The second-order valence-electron chi connectivity index (χ2n) is 6.67. The van der Waals surface area contributed by atoms with E-state index in [2.05, 4.69) is 15.4 Å². The van der Waals surface area contributed by atoms with E-state index in [0.717, 1.165) is 11.4 Å². The number of amides is 1. The van der Waals surface area contributed by atoms with Crippen LogP contribution in [0.5, 0.6) is 0 Å². The molecule has 4 aromatic rings. The Balaban J connectivity index is 1.72. The summed E-state index contributed by atoms with van der Waals surface area (Å²) in [5, 5.41) is 7.47. The first-order chi connectivity index (χ1) is 13.9. The monoisotopic (exact) mass is 404 g/mol. The standard InChI is InChI=1S/C22H17ClN4O2/c1-13-10-14(2)27-21(25-13)18(12-24-27)22(29)26-19-9-8-16(23)11-17(19)20(28)15-6-4-3-5-7-15/h3-12H,1-2H3,(H,26,29). The largest absolute Gasteiger partial charge is 0.321 e. The molecular weight excluding hydrogens is 388 g/mol. The fourth-order valence-corrected chi connectivity index (χ4v) is 3.35. The van der Waals surface area contributed by atoms with E-state index in [1.54, 1.807) is 47.0 Å². The highest BCUT2D eigenvalue weighted by molar-refractivity contribution is 6.31. The van der Waals surface area contributed by atoms with E-state index in [1.165, 1.54) is 6.20 Å². The lowest BCUT2D eigenvalue weighted by atomic mass is 10.0. The number of carbonyl (C=O) groups is 2. The molecule has 0 fully saturated rings. The molecule has 6 nitrogen and oxygen atoms in total. The predicted octanol–water partition coefficient (Wildman–Crippen LogP) is 4.48. The third-order valence-electron chi connectivity index (χ3n) is 4.53. The number of halogens is 1. The van der Waals surface area contributed by atoms with Gasteiger partial charge in [-0.1, -0.05) is 41.9 Å². The molecule has 29 heavy (non-hydrogen) atoms. The Kier molecular flexibility index (Phi) is 4.86. The predicted molar refractivity (Wildman–Crippen MR) is 112 cm³/mol. The van der Waals surface area contributed by atoms with E-state index in [1.807, 2.05) is 26.0 Å². The van der Waals surface area contributed by atoms with Crippen molar-refractivity contribution in [3.63, 3.8) is 0 Å². The third-order valence-corrected chi connectivity index (χ3v) is 4.77. The van der Waals surface area contributed by atoms with Crippen LogP contribution in [0.1, 0.15) is 37.7 Å². The van der Waals surface area contributed by atoms with Crippen molar-refractivity contribution in [2.45, 2.75) is 13.8 Å². The van der Waals surface area contributed by atoms with Crippen LogP contribution in [-0.2, 0) is 0 Å². The molecule has 144 valence electrons. The van der Waals surface area contributed by atoms with Gasteiger partial charge in [0.1, 0.15) is 5.56 Å². The maximum Gasteiger partial charge on any atom is 0.261 e. The molecule has 0 unspecified atom stereocenters. The Hall–Kier alpha value is -3.51. The van der Waals surface area contributed by atoms with Crippen molar-refractivity contribution < 1.29 is 9.59 Å². The molecule has 0 aliphatic heterocycles. The molecule has 0 saturated heterocycles. The second kappa shape index (κ2) is 7.48. The van der Waals surface area contributed by atoms with Gasteiger partial charge in [0.15, 0.2) is 11.4 Å². The van der Waals surface area contributed by atoms with Crippen molar-refractivity contribution in [3.8, 4) is 0 Å². The van der Waals surface area contributed by atoms with E-state index in [-0.39, 0.29) is 5.78 Å². The number of nitrogens with zero attached hydrogens (tertiary/aromatic N) is 3. The summed E-state index contributed by atoms with van der Waals surface area (Å²) in [6.07, 6.45) is 1.47. The van der Waals surface area contributed by atoms with Crippen molar-refractivity contribution in [3.05, 3.63) is 93.9 Å². The van der Waals surface area contributed by atoms with Gasteiger partial charge in [-0.25, -0.2) is 9.50 Å². The van der Waals surface area contributed by atoms with E-state index in [0.29, 0.717) is 33.0 Å². The first-order valence-corrected chi connectivity index (χ1v) is 9.34. The smallest absolute Gasteiger partial charge is 0.261 e. The molecule has 0 spiro atoms. The number of fused-ring (bicyclic) bond motifs is 1. The Bertz CT molecular complexity index is 1250. The van der Waals surface area contributed by atoms with Crippen LogP contribution >= 0.6 is 11.6 Å². The van der Waals surface area contributed by atoms with Gasteiger partial charge in [0.05, 0.1) is 11.9 Å². The molecule has 0 aliphatic carbocycles. The highest BCUT2D eigenvalue weighted by Crippen LogP contribution is 2.25. The zero-order valence-electron chi connectivity index (χ0n) is 15.8. The third kappa shape index (κ3) is 3.62. The van der Waals surface area contributed by atoms with Crippen LogP contribution in [0.4, 0.5) is 5.69 Å². The number of hydrogen-bond donors (Lipinski definition) is 1. The molecule has 0 atom stereocenters. The number of rotatable bonds is 4. The number of ketones is 1. The molecule has 2 heterocycles. The van der Waals surface area contributed by atoms with Crippen LogP contribution in [0.25, 0.3) is 5.65 Å². The van der Waals surface area contributed by atoms with Crippen LogP contribution < -0.4 is 5.32 Å². The van der Waals surface area contributed by atoms with Crippen LogP contribution in [0.3, 0.4) is 0 Å². The summed E-state index contributed by atoms with van der Waals surface area (Å²) in [6, 6.07) is 15.5. The normalized spacial score (nSPS) is 10.9. The fraction of sp³-hybridized carbons (Fsp3) is 0.0909. The zero-order chi connectivity index (χ0) is 20.5. The van der Waals surface area contributed by atoms with Crippen molar-refractivity contribution in [2.24, 2.45) is 0 Å². The van der Waals surface area contributed by atoms with E-state index in [4.69, 9.17) is 11.6 Å². The van der Waals surface area contributed by atoms with E-state index >= 15 is 0 Å². The second-order valence-corrected chi connectivity index (χ2v) is 7.11. The quantitative estimate of drug-likeness (QED) is 0.509. The summed E-state index contributed by atoms with van der Waals surface area (Å²) in [4.78, 5) is 30.3. The van der Waals surface area contributed by atoms with Crippen molar-refractivity contribution >= 4 is 34.6 Å². The van der Waals surface area contributed by atoms with Gasteiger partial charge in [-0.3, -0.25) is 9.59 Å². The topological polar surface area (TPSA) is 76.4 Å². The molecule has 2 aromatic carbocycles. The van der Waals surface area contributed by atoms with Gasteiger partial charge in [-0.2, -0.15) is 5.10 Å². The van der Waals surface area contributed by atoms with Gasteiger partial charge in [-0.15, -0.1) is 0 Å². The molecule has 0 aliphatic rings. The summed E-state index contributed by atoms with van der Waals surface area (Å²) < 4.78 is 1.61. The van der Waals surface area contributed by atoms with Gasteiger partial charge in [0.2, 0.25) is 0 Å². The average Bonchev–Trinajstić information content (AvgIpc) is 3.13. The minimum absolute atomic E-state index is 0.229. The molecule has 4 rings (SSSR count). The van der Waals surface area contributed by atoms with Gasteiger partial charge in [-0.05, 0) is 38.1 Å². The minimum atomic E-state index is -0.401. The lowest BCUT2D eigenvalue weighted by molar-refractivity contribution is 0.102. The summed E-state index contributed by atoms with van der Waals surface area (Å²) in [7, 11) is 0. The SMILES string of the molecule is Cc1cc(C)n2ncc(C(=O)Nc3ccc(Cl)cc3C(=O)c3ccccc3)c2n1. The molecule has 2 aromatic heterocycles. The van der Waals surface area contributed by atoms with Crippen molar-refractivity contribution in [2.75, 3.05) is 5.32 Å². The zero-order valence-corrected chi connectivity index (χ0v) is 16.6. The van der Waals surface area contributed by atoms with Crippen LogP contribution in [0.15, 0.2) is 60.8 Å². The van der Waals surface area contributed by atoms with Crippen LogP contribution in [0, 0.1) is 13.8 Å². The molecule has 0 bridgehead atoms. The van der Waals surface area contributed by atoms with Crippen molar-refractivity contribution in [1.29, 1.82) is 0 Å². The van der Waals surface area contributed by atoms with Crippen LogP contribution in [-0.4, -0.2) is 26.3 Å². The Labute approximate surface area is 172 Å². The van der Waals surface area contributed by atoms with E-state index in [9.17, 15) is 9.59 Å². The first kappa shape index (κ1) is 18.8. The van der Waals surface area contributed by atoms with Crippen molar-refractivity contribution in [1.82, 2.24) is 14.6 Å². The Morgan fingerprint density at radius 2 is 1.76 bits per heavy atom. The fourth-order valence-electron chi connectivity index (χ4n) is 3.18. The average molecular weight is 405 g/mol. The minimum Gasteiger partial charge on any atom is -0.321 e. The first-order valence-electron chi connectivity index (χ1n) is 8.96. The number of aryl methyl sites for hydroxylation is 2. The van der Waals surface area contributed by atoms with Crippen LogP contribution in [0.2, 0.25) is 5.02 Å². The lowest BCUT2D eigenvalue weighted by Gasteiger charge is -2.11. The van der Waals surface area contributed by atoms with Gasteiger partial charge in [0.25, 0.3) is 5.91 Å². The summed E-state index contributed by atoms with van der Waals surface area (Å²) in [6.45, 7) is 3.75. The summed E-state index contributed by atoms with van der Waals surface area (Å²) in [5.41, 5.74) is 3.64. The number of hydrogen-bond acceptors (Lipinski definition) is 4. The number of carbonyl (C=O) groups excluding carboxylic acids is 2. The summed E-state index contributed by atoms with van der Waals surface area (Å²) >= 11 is 6.11. The van der Waals surface area contributed by atoms with Gasteiger partial charge in [0, 0.05) is 27.5 Å². The molecule has 0 saturated carbocycles. The van der Waals surface area contributed by atoms with Gasteiger partial charge < -0.3 is 5.32 Å². The molecule has 0 radical (unpaired) electrons. The summed E-state index contributed by atoms with van der Waals surface area (Å²) in [5.74, 6) is -0.630. The van der Waals surface area contributed by atoms with Gasteiger partial charge >= 0.3 is 0 Å². The van der Waals surface area contributed by atoms with E-state index < -0.39 is 5.91 Å². The highest BCUT2D eigenvalue weighted by atomic mass is 35.5. The maximum absolute atomic E-state index is 13.0. The molecule has 7 heteroatoms. The Morgan fingerprint density at radius 1 is 1.00 bits per heavy atom. The molecule has 1 amide bonds. The number of aromatic nitrogens is 3. The highest BCUT2D eigenvalue weighted by Gasteiger charge is 2.20. The number of nitrogens with one attached hydrogen (secondary N) is 1. The number of benzene rings is 2. The number of anilines is 1. The molecule has 1 N–H and O–H groups in total.